The first-order valence-electron chi connectivity index (χ1n) is 7.63. The molecule has 1 rings (SSSR count). The Hall–Kier alpha value is -1.02. The highest BCUT2D eigenvalue weighted by Crippen LogP contribution is 2.21. The average molecular weight is 263 g/mol. The van der Waals surface area contributed by atoms with Crippen molar-refractivity contribution in [1.82, 2.24) is 5.32 Å². The van der Waals surface area contributed by atoms with E-state index in [0.29, 0.717) is 12.0 Å². The van der Waals surface area contributed by atoms with Crippen LogP contribution in [0.2, 0.25) is 0 Å². The second kappa shape index (κ2) is 8.98. The van der Waals surface area contributed by atoms with Gasteiger partial charge in [0.1, 0.15) is 5.75 Å². The van der Waals surface area contributed by atoms with E-state index in [2.05, 4.69) is 57.3 Å². The Morgan fingerprint density at radius 3 is 2.32 bits per heavy atom. The van der Waals surface area contributed by atoms with Crippen LogP contribution >= 0.6 is 0 Å². The topological polar surface area (TPSA) is 21.3 Å². The van der Waals surface area contributed by atoms with Crippen molar-refractivity contribution in [2.45, 2.75) is 58.9 Å². The normalized spacial score (nSPS) is 14.1. The van der Waals surface area contributed by atoms with Crippen molar-refractivity contribution in [3.8, 4) is 5.75 Å². The molecule has 0 radical (unpaired) electrons. The van der Waals surface area contributed by atoms with Crippen LogP contribution in [0.25, 0.3) is 0 Å². The molecule has 0 bridgehead atoms. The number of hydrogen-bond acceptors (Lipinski definition) is 2. The monoisotopic (exact) mass is 263 g/mol. The largest absolute Gasteiger partial charge is 0.494 e. The van der Waals surface area contributed by atoms with Gasteiger partial charge in [0, 0.05) is 6.04 Å². The molecule has 108 valence electrons. The van der Waals surface area contributed by atoms with Gasteiger partial charge < -0.3 is 10.1 Å². The SMILES string of the molecule is CC[C@@H](C)NCCCOc1ccc([C@H](C)CC)cc1. The highest BCUT2D eigenvalue weighted by atomic mass is 16.5. The lowest BCUT2D eigenvalue weighted by molar-refractivity contribution is 0.305. The lowest BCUT2D eigenvalue weighted by atomic mass is 9.99. The van der Waals surface area contributed by atoms with E-state index < -0.39 is 0 Å². The number of nitrogens with one attached hydrogen (secondary N) is 1. The van der Waals surface area contributed by atoms with E-state index in [9.17, 15) is 0 Å². The summed E-state index contributed by atoms with van der Waals surface area (Å²) in [5.41, 5.74) is 1.40. The predicted molar refractivity (Wildman–Crippen MR) is 83.0 cm³/mol. The van der Waals surface area contributed by atoms with Crippen molar-refractivity contribution in [3.05, 3.63) is 29.8 Å². The Labute approximate surface area is 118 Å². The van der Waals surface area contributed by atoms with Gasteiger partial charge in [0.25, 0.3) is 0 Å². The lowest BCUT2D eigenvalue weighted by Gasteiger charge is -2.12. The molecular weight excluding hydrogens is 234 g/mol. The van der Waals surface area contributed by atoms with Gasteiger partial charge in [-0.1, -0.05) is 32.9 Å². The number of hydrogen-bond donors (Lipinski definition) is 1. The molecule has 0 spiro atoms. The first-order valence-corrected chi connectivity index (χ1v) is 7.63. The summed E-state index contributed by atoms with van der Waals surface area (Å²) in [5, 5.41) is 3.47. The highest BCUT2D eigenvalue weighted by Gasteiger charge is 2.02. The van der Waals surface area contributed by atoms with Crippen LogP contribution < -0.4 is 10.1 Å². The van der Waals surface area contributed by atoms with Crippen molar-refractivity contribution in [2.75, 3.05) is 13.2 Å². The van der Waals surface area contributed by atoms with E-state index in [0.717, 1.165) is 25.3 Å². The van der Waals surface area contributed by atoms with E-state index in [1.54, 1.807) is 0 Å². The molecule has 2 nitrogen and oxygen atoms in total. The van der Waals surface area contributed by atoms with Crippen molar-refractivity contribution < 1.29 is 4.74 Å². The van der Waals surface area contributed by atoms with Crippen molar-refractivity contribution >= 4 is 0 Å². The van der Waals surface area contributed by atoms with Gasteiger partial charge in [0.2, 0.25) is 0 Å². The maximum absolute atomic E-state index is 5.75. The minimum atomic E-state index is 0.606. The summed E-state index contributed by atoms with van der Waals surface area (Å²) in [4.78, 5) is 0. The molecule has 0 aliphatic carbocycles. The molecule has 0 unspecified atom stereocenters. The fraction of sp³-hybridized carbons (Fsp3) is 0.647. The van der Waals surface area contributed by atoms with Crippen LogP contribution in [0.5, 0.6) is 5.75 Å². The molecule has 19 heavy (non-hydrogen) atoms. The summed E-state index contributed by atoms with van der Waals surface area (Å²) in [6.07, 6.45) is 3.41. The predicted octanol–water partition coefficient (Wildman–Crippen LogP) is 4.36. The molecule has 0 amide bonds. The quantitative estimate of drug-likeness (QED) is 0.668. The van der Waals surface area contributed by atoms with Gasteiger partial charge in [0.15, 0.2) is 0 Å². The zero-order chi connectivity index (χ0) is 14.1. The van der Waals surface area contributed by atoms with Gasteiger partial charge in [-0.05, 0) is 56.3 Å². The second-order valence-electron chi connectivity index (χ2n) is 5.34. The molecule has 2 heteroatoms. The molecule has 0 aliphatic heterocycles. The lowest BCUT2D eigenvalue weighted by Crippen LogP contribution is -2.27. The Balaban J connectivity index is 2.23. The van der Waals surface area contributed by atoms with Crippen LogP contribution in [0, 0.1) is 0 Å². The molecule has 0 saturated carbocycles. The summed E-state index contributed by atoms with van der Waals surface area (Å²) in [6.45, 7) is 10.7. The minimum Gasteiger partial charge on any atom is -0.494 e. The molecule has 1 aromatic carbocycles. The van der Waals surface area contributed by atoms with Crippen LogP contribution in [-0.4, -0.2) is 19.2 Å². The Morgan fingerprint density at radius 1 is 1.05 bits per heavy atom. The third-order valence-electron chi connectivity index (χ3n) is 3.76. The Morgan fingerprint density at radius 2 is 1.74 bits per heavy atom. The number of benzene rings is 1. The average Bonchev–Trinajstić information content (AvgIpc) is 2.46. The van der Waals surface area contributed by atoms with Crippen molar-refractivity contribution in [2.24, 2.45) is 0 Å². The van der Waals surface area contributed by atoms with Gasteiger partial charge in [-0.2, -0.15) is 0 Å². The number of ether oxygens (including phenoxy) is 1. The standard InChI is InChI=1S/C17H29NO/c1-5-14(3)16-8-10-17(11-9-16)19-13-7-12-18-15(4)6-2/h8-11,14-15,18H,5-7,12-13H2,1-4H3/t14-,15-/m1/s1. The summed E-state index contributed by atoms with van der Waals surface area (Å²) < 4.78 is 5.75. The van der Waals surface area contributed by atoms with Crippen molar-refractivity contribution in [3.63, 3.8) is 0 Å². The minimum absolute atomic E-state index is 0.606. The highest BCUT2D eigenvalue weighted by molar-refractivity contribution is 5.29. The summed E-state index contributed by atoms with van der Waals surface area (Å²) in [6, 6.07) is 9.14. The third-order valence-corrected chi connectivity index (χ3v) is 3.76. The van der Waals surface area contributed by atoms with Gasteiger partial charge in [0.05, 0.1) is 6.61 Å². The number of rotatable bonds is 9. The molecule has 0 aromatic heterocycles. The first kappa shape index (κ1) is 16.0. The van der Waals surface area contributed by atoms with Crippen molar-refractivity contribution in [1.29, 1.82) is 0 Å². The first-order chi connectivity index (χ1) is 9.17. The van der Waals surface area contributed by atoms with E-state index in [-0.39, 0.29) is 0 Å². The molecule has 1 N–H and O–H groups in total. The van der Waals surface area contributed by atoms with Crippen LogP contribution in [0.1, 0.15) is 58.4 Å². The van der Waals surface area contributed by atoms with E-state index in [4.69, 9.17) is 4.74 Å². The molecule has 2 atom stereocenters. The van der Waals surface area contributed by atoms with Crippen LogP contribution in [0.3, 0.4) is 0 Å². The Bertz CT molecular complexity index is 334. The smallest absolute Gasteiger partial charge is 0.119 e. The second-order valence-corrected chi connectivity index (χ2v) is 5.34. The molecule has 0 saturated heterocycles. The summed E-state index contributed by atoms with van der Waals surface area (Å²) in [5.74, 6) is 1.62. The molecule has 0 heterocycles. The fourth-order valence-corrected chi connectivity index (χ4v) is 1.88. The maximum atomic E-state index is 5.75. The maximum Gasteiger partial charge on any atom is 0.119 e. The van der Waals surface area contributed by atoms with Crippen LogP contribution in [0.4, 0.5) is 0 Å². The fourth-order valence-electron chi connectivity index (χ4n) is 1.88. The molecular formula is C17H29NO. The van der Waals surface area contributed by atoms with Gasteiger partial charge in [-0.15, -0.1) is 0 Å². The van der Waals surface area contributed by atoms with E-state index >= 15 is 0 Å². The molecule has 1 aromatic rings. The van der Waals surface area contributed by atoms with Crippen LogP contribution in [-0.2, 0) is 0 Å². The van der Waals surface area contributed by atoms with Gasteiger partial charge >= 0.3 is 0 Å². The molecule has 0 fully saturated rings. The zero-order valence-electron chi connectivity index (χ0n) is 12.9. The zero-order valence-corrected chi connectivity index (χ0v) is 12.9. The summed E-state index contributed by atoms with van der Waals surface area (Å²) in [7, 11) is 0. The Kier molecular flexibility index (Phi) is 7.57. The third kappa shape index (κ3) is 6.11. The van der Waals surface area contributed by atoms with E-state index in [1.807, 2.05) is 0 Å². The van der Waals surface area contributed by atoms with Crippen LogP contribution in [0.15, 0.2) is 24.3 Å². The summed E-state index contributed by atoms with van der Waals surface area (Å²) >= 11 is 0. The van der Waals surface area contributed by atoms with Gasteiger partial charge in [-0.25, -0.2) is 0 Å². The van der Waals surface area contributed by atoms with Gasteiger partial charge in [-0.3, -0.25) is 0 Å². The van der Waals surface area contributed by atoms with E-state index in [1.165, 1.54) is 18.4 Å². The molecule has 0 aliphatic rings.